The lowest BCUT2D eigenvalue weighted by Crippen LogP contribution is -2.49. The molecule has 3 rings (SSSR count). The zero-order chi connectivity index (χ0) is 12.4. The highest BCUT2D eigenvalue weighted by molar-refractivity contribution is 5.85. The second-order valence-corrected chi connectivity index (χ2v) is 6.07. The van der Waals surface area contributed by atoms with Crippen molar-refractivity contribution in [2.75, 3.05) is 26.2 Å². The molecule has 0 bridgehead atoms. The van der Waals surface area contributed by atoms with E-state index in [0.717, 1.165) is 39.0 Å². The van der Waals surface area contributed by atoms with Gasteiger partial charge in [0.1, 0.15) is 0 Å². The number of carbonyl (C=O) groups is 1. The fourth-order valence-corrected chi connectivity index (χ4v) is 3.88. The van der Waals surface area contributed by atoms with Crippen molar-refractivity contribution in [3.05, 3.63) is 0 Å². The van der Waals surface area contributed by atoms with Crippen molar-refractivity contribution in [1.82, 2.24) is 10.6 Å². The fourth-order valence-electron chi connectivity index (χ4n) is 3.88. The largest absolute Gasteiger partial charge is 0.376 e. The van der Waals surface area contributed by atoms with Crippen LogP contribution in [0.2, 0.25) is 0 Å². The number of halogens is 1. The Morgan fingerprint density at radius 3 is 3.00 bits per heavy atom. The molecule has 1 aliphatic carbocycles. The zero-order valence-electron chi connectivity index (χ0n) is 11.5. The Morgan fingerprint density at radius 2 is 2.21 bits per heavy atom. The predicted octanol–water partition coefficient (Wildman–Crippen LogP) is 1.48. The van der Waals surface area contributed by atoms with Crippen LogP contribution < -0.4 is 10.6 Å². The van der Waals surface area contributed by atoms with Gasteiger partial charge in [-0.15, -0.1) is 12.4 Å². The van der Waals surface area contributed by atoms with E-state index >= 15 is 0 Å². The van der Waals surface area contributed by atoms with Gasteiger partial charge in [-0.2, -0.15) is 0 Å². The fraction of sp³-hybridized carbons (Fsp3) is 0.929. The van der Waals surface area contributed by atoms with Gasteiger partial charge >= 0.3 is 0 Å². The maximum atomic E-state index is 12.6. The van der Waals surface area contributed by atoms with Gasteiger partial charge in [0.2, 0.25) is 5.91 Å². The normalized spacial score (nSPS) is 37.5. The first kappa shape index (κ1) is 15.1. The van der Waals surface area contributed by atoms with Crippen molar-refractivity contribution < 1.29 is 9.53 Å². The van der Waals surface area contributed by atoms with Crippen LogP contribution in [0.3, 0.4) is 0 Å². The molecule has 2 saturated heterocycles. The molecule has 0 aromatic carbocycles. The van der Waals surface area contributed by atoms with E-state index in [1.165, 1.54) is 19.3 Å². The summed E-state index contributed by atoms with van der Waals surface area (Å²) in [7, 11) is 0. The van der Waals surface area contributed by atoms with Gasteiger partial charge in [-0.1, -0.05) is 12.8 Å². The highest BCUT2D eigenvalue weighted by Gasteiger charge is 2.49. The average Bonchev–Trinajstić information content (AvgIpc) is 3.05. The molecule has 0 aromatic heterocycles. The molecule has 1 amide bonds. The number of ether oxygens (including phenoxy) is 1. The van der Waals surface area contributed by atoms with Gasteiger partial charge in [0, 0.05) is 19.7 Å². The molecular weight excluding hydrogens is 264 g/mol. The Morgan fingerprint density at radius 1 is 1.32 bits per heavy atom. The summed E-state index contributed by atoms with van der Waals surface area (Å²) in [5, 5.41) is 6.57. The molecule has 2 heterocycles. The minimum atomic E-state index is -0.114. The average molecular weight is 289 g/mol. The molecule has 5 heteroatoms. The maximum Gasteiger partial charge on any atom is 0.227 e. The molecule has 1 unspecified atom stereocenters. The first-order chi connectivity index (χ1) is 8.81. The summed E-state index contributed by atoms with van der Waals surface area (Å²) in [6.45, 7) is 3.45. The summed E-state index contributed by atoms with van der Waals surface area (Å²) < 4.78 is 5.57. The van der Waals surface area contributed by atoms with Gasteiger partial charge in [-0.25, -0.2) is 0 Å². The Hall–Kier alpha value is -0.320. The van der Waals surface area contributed by atoms with Crippen molar-refractivity contribution in [3.8, 4) is 0 Å². The van der Waals surface area contributed by atoms with E-state index in [-0.39, 0.29) is 29.8 Å². The van der Waals surface area contributed by atoms with E-state index in [1.807, 2.05) is 0 Å². The number of fused-ring (bicyclic) bond motifs is 1. The van der Waals surface area contributed by atoms with Gasteiger partial charge in [-0.05, 0) is 38.1 Å². The second-order valence-electron chi connectivity index (χ2n) is 6.07. The first-order valence-corrected chi connectivity index (χ1v) is 7.42. The van der Waals surface area contributed by atoms with Gasteiger partial charge in [0.05, 0.1) is 11.5 Å². The standard InChI is InChI=1S/C14H24N2O2.ClH/c17-13(16-9-12-5-3-7-18-12)14-6-2-1-4-11(14)8-15-10-14;/h11-12,15H,1-10H2,(H,16,17);1H/t11-,12?,14+;/m0./s1. The minimum absolute atomic E-state index is 0. The lowest BCUT2D eigenvalue weighted by Gasteiger charge is -2.37. The summed E-state index contributed by atoms with van der Waals surface area (Å²) >= 11 is 0. The third-order valence-corrected chi connectivity index (χ3v) is 5.00. The second kappa shape index (κ2) is 6.42. The Kier molecular flexibility index (Phi) is 5.09. The van der Waals surface area contributed by atoms with Crippen molar-refractivity contribution in [2.24, 2.45) is 11.3 Å². The van der Waals surface area contributed by atoms with E-state index in [4.69, 9.17) is 4.74 Å². The Bertz CT molecular complexity index is 321. The van der Waals surface area contributed by atoms with Crippen LogP contribution in [0.1, 0.15) is 38.5 Å². The highest BCUT2D eigenvalue weighted by atomic mass is 35.5. The van der Waals surface area contributed by atoms with Gasteiger partial charge < -0.3 is 15.4 Å². The van der Waals surface area contributed by atoms with Gasteiger partial charge in [-0.3, -0.25) is 4.79 Å². The van der Waals surface area contributed by atoms with E-state index in [9.17, 15) is 4.79 Å². The predicted molar refractivity (Wildman–Crippen MR) is 76.5 cm³/mol. The van der Waals surface area contributed by atoms with Crippen molar-refractivity contribution in [3.63, 3.8) is 0 Å². The van der Waals surface area contributed by atoms with E-state index in [0.29, 0.717) is 12.5 Å². The molecule has 1 saturated carbocycles. The number of hydrogen-bond acceptors (Lipinski definition) is 3. The molecule has 3 fully saturated rings. The molecule has 0 radical (unpaired) electrons. The monoisotopic (exact) mass is 288 g/mol. The quantitative estimate of drug-likeness (QED) is 0.827. The molecule has 3 atom stereocenters. The summed E-state index contributed by atoms with van der Waals surface area (Å²) in [6.07, 6.45) is 7.23. The summed E-state index contributed by atoms with van der Waals surface area (Å²) in [5.74, 6) is 0.823. The first-order valence-electron chi connectivity index (χ1n) is 7.42. The molecule has 0 spiro atoms. The topological polar surface area (TPSA) is 50.4 Å². The molecule has 0 aromatic rings. The summed E-state index contributed by atoms with van der Waals surface area (Å²) in [6, 6.07) is 0. The molecule has 4 nitrogen and oxygen atoms in total. The van der Waals surface area contributed by atoms with E-state index < -0.39 is 0 Å². The maximum absolute atomic E-state index is 12.6. The van der Waals surface area contributed by atoms with E-state index in [2.05, 4.69) is 10.6 Å². The molecule has 2 N–H and O–H groups in total. The third-order valence-electron chi connectivity index (χ3n) is 5.00. The van der Waals surface area contributed by atoms with Gasteiger partial charge in [0.15, 0.2) is 0 Å². The van der Waals surface area contributed by atoms with Crippen LogP contribution in [0, 0.1) is 11.3 Å². The highest BCUT2D eigenvalue weighted by Crippen LogP contribution is 2.43. The lowest BCUT2D eigenvalue weighted by molar-refractivity contribution is -0.134. The third kappa shape index (κ3) is 2.91. The van der Waals surface area contributed by atoms with Crippen LogP contribution in [-0.2, 0) is 9.53 Å². The SMILES string of the molecule is Cl.O=C(NCC1CCCO1)[C@@]12CCCC[C@H]1CNC2. The van der Waals surface area contributed by atoms with Crippen LogP contribution >= 0.6 is 12.4 Å². The summed E-state index contributed by atoms with van der Waals surface area (Å²) in [4.78, 5) is 12.6. The van der Waals surface area contributed by atoms with E-state index in [1.54, 1.807) is 0 Å². The van der Waals surface area contributed by atoms with Crippen LogP contribution in [0.4, 0.5) is 0 Å². The van der Waals surface area contributed by atoms with Crippen molar-refractivity contribution in [2.45, 2.75) is 44.6 Å². The number of amides is 1. The van der Waals surface area contributed by atoms with Crippen molar-refractivity contribution in [1.29, 1.82) is 0 Å². The van der Waals surface area contributed by atoms with Crippen LogP contribution in [0.15, 0.2) is 0 Å². The smallest absolute Gasteiger partial charge is 0.227 e. The van der Waals surface area contributed by atoms with Gasteiger partial charge in [0.25, 0.3) is 0 Å². The molecule has 2 aliphatic heterocycles. The number of nitrogens with one attached hydrogen (secondary N) is 2. The molecule has 110 valence electrons. The Balaban J connectivity index is 0.00000133. The molecular formula is C14H25ClN2O2. The molecule has 19 heavy (non-hydrogen) atoms. The zero-order valence-corrected chi connectivity index (χ0v) is 12.3. The lowest BCUT2D eigenvalue weighted by atomic mass is 9.67. The number of carbonyl (C=O) groups excluding carboxylic acids is 1. The summed E-state index contributed by atoms with van der Waals surface area (Å²) in [5.41, 5.74) is -0.114. The number of hydrogen-bond donors (Lipinski definition) is 2. The minimum Gasteiger partial charge on any atom is -0.376 e. The Labute approximate surface area is 121 Å². The molecule has 3 aliphatic rings. The van der Waals surface area contributed by atoms with Crippen LogP contribution in [0.25, 0.3) is 0 Å². The van der Waals surface area contributed by atoms with Crippen LogP contribution in [-0.4, -0.2) is 38.3 Å². The number of rotatable bonds is 3. The van der Waals surface area contributed by atoms with Crippen molar-refractivity contribution >= 4 is 18.3 Å². The van der Waals surface area contributed by atoms with Crippen LogP contribution in [0.5, 0.6) is 0 Å².